The van der Waals surface area contributed by atoms with Gasteiger partial charge in [-0.05, 0) is 25.9 Å². The Balaban J connectivity index is 2.08. The van der Waals surface area contributed by atoms with Gasteiger partial charge in [0.1, 0.15) is 0 Å². The molecular formula is C6H14N2O. The number of nitrogens with one attached hydrogen (secondary N) is 1. The van der Waals surface area contributed by atoms with Crippen LogP contribution in [0.3, 0.4) is 0 Å². The molecule has 1 fully saturated rings. The van der Waals surface area contributed by atoms with Crippen molar-refractivity contribution in [3.8, 4) is 0 Å². The van der Waals surface area contributed by atoms with Crippen molar-refractivity contribution >= 4 is 0 Å². The van der Waals surface area contributed by atoms with Crippen molar-refractivity contribution in [1.82, 2.24) is 5.32 Å². The summed E-state index contributed by atoms with van der Waals surface area (Å²) in [4.78, 5) is 0. The number of hydrogen-bond acceptors (Lipinski definition) is 3. The topological polar surface area (TPSA) is 47.3 Å². The smallest absolute Gasteiger partial charge is 0.0969 e. The highest BCUT2D eigenvalue weighted by Crippen LogP contribution is 2.04. The number of hydrogen-bond donors (Lipinski definition) is 2. The van der Waals surface area contributed by atoms with Gasteiger partial charge in [0.15, 0.2) is 0 Å². The SMILES string of the molecule is NCCC1CCNCO1. The van der Waals surface area contributed by atoms with E-state index in [0.29, 0.717) is 12.8 Å². The van der Waals surface area contributed by atoms with Gasteiger partial charge in [0.25, 0.3) is 0 Å². The van der Waals surface area contributed by atoms with E-state index in [1.165, 1.54) is 0 Å². The Bertz CT molecular complexity index is 68.7. The van der Waals surface area contributed by atoms with Gasteiger partial charge in [-0.3, -0.25) is 5.32 Å². The maximum Gasteiger partial charge on any atom is 0.0969 e. The molecule has 0 amide bonds. The lowest BCUT2D eigenvalue weighted by atomic mass is 10.2. The third-order valence-corrected chi connectivity index (χ3v) is 1.55. The zero-order valence-electron chi connectivity index (χ0n) is 5.60. The molecule has 1 atom stereocenters. The second kappa shape index (κ2) is 3.82. The minimum absolute atomic E-state index is 0.413. The molecule has 1 unspecified atom stereocenters. The third-order valence-electron chi connectivity index (χ3n) is 1.55. The van der Waals surface area contributed by atoms with Crippen molar-refractivity contribution in [2.45, 2.75) is 18.9 Å². The largest absolute Gasteiger partial charge is 0.363 e. The molecular weight excluding hydrogens is 116 g/mol. The zero-order valence-corrected chi connectivity index (χ0v) is 5.60. The molecule has 0 radical (unpaired) electrons. The number of ether oxygens (including phenoxy) is 1. The molecule has 1 saturated heterocycles. The van der Waals surface area contributed by atoms with E-state index >= 15 is 0 Å². The maximum absolute atomic E-state index is 5.36. The molecule has 3 heteroatoms. The van der Waals surface area contributed by atoms with Crippen LogP contribution >= 0.6 is 0 Å². The Hall–Kier alpha value is -0.120. The second-order valence-electron chi connectivity index (χ2n) is 2.30. The summed E-state index contributed by atoms with van der Waals surface area (Å²) in [7, 11) is 0. The van der Waals surface area contributed by atoms with E-state index in [-0.39, 0.29) is 0 Å². The lowest BCUT2D eigenvalue weighted by Crippen LogP contribution is -2.34. The van der Waals surface area contributed by atoms with Gasteiger partial charge < -0.3 is 10.5 Å². The summed E-state index contributed by atoms with van der Waals surface area (Å²) in [5.74, 6) is 0. The second-order valence-corrected chi connectivity index (χ2v) is 2.30. The standard InChI is InChI=1S/C6H14N2O/c7-3-1-6-2-4-8-5-9-6/h6,8H,1-5,7H2. The van der Waals surface area contributed by atoms with Crippen molar-refractivity contribution < 1.29 is 4.74 Å². The van der Waals surface area contributed by atoms with Gasteiger partial charge in [-0.1, -0.05) is 0 Å². The number of nitrogens with two attached hydrogens (primary N) is 1. The highest BCUT2D eigenvalue weighted by molar-refractivity contribution is 4.63. The molecule has 1 rings (SSSR count). The Morgan fingerprint density at radius 3 is 3.11 bits per heavy atom. The van der Waals surface area contributed by atoms with E-state index in [1.807, 2.05) is 0 Å². The van der Waals surface area contributed by atoms with Crippen LogP contribution in [0, 0.1) is 0 Å². The first kappa shape index (κ1) is 6.99. The minimum Gasteiger partial charge on any atom is -0.363 e. The van der Waals surface area contributed by atoms with Crippen LogP contribution in [0.1, 0.15) is 12.8 Å². The molecule has 0 spiro atoms. The number of rotatable bonds is 2. The first-order valence-electron chi connectivity index (χ1n) is 3.46. The van der Waals surface area contributed by atoms with Crippen molar-refractivity contribution in [2.75, 3.05) is 19.8 Å². The van der Waals surface area contributed by atoms with E-state index in [4.69, 9.17) is 10.5 Å². The molecule has 0 aliphatic carbocycles. The van der Waals surface area contributed by atoms with Gasteiger partial charge in [-0.2, -0.15) is 0 Å². The molecule has 0 aromatic carbocycles. The third kappa shape index (κ3) is 2.30. The van der Waals surface area contributed by atoms with Crippen LogP contribution in [0.25, 0.3) is 0 Å². The zero-order chi connectivity index (χ0) is 6.53. The van der Waals surface area contributed by atoms with Gasteiger partial charge in [-0.25, -0.2) is 0 Å². The van der Waals surface area contributed by atoms with Gasteiger partial charge in [0.2, 0.25) is 0 Å². The normalized spacial score (nSPS) is 28.3. The first-order valence-corrected chi connectivity index (χ1v) is 3.46. The van der Waals surface area contributed by atoms with E-state index in [0.717, 1.165) is 25.9 Å². The van der Waals surface area contributed by atoms with Crippen molar-refractivity contribution in [1.29, 1.82) is 0 Å². The summed E-state index contributed by atoms with van der Waals surface area (Å²) in [6, 6.07) is 0. The maximum atomic E-state index is 5.36. The summed E-state index contributed by atoms with van der Waals surface area (Å²) >= 11 is 0. The van der Waals surface area contributed by atoms with Crippen LogP contribution in [0.15, 0.2) is 0 Å². The molecule has 1 aliphatic heterocycles. The Morgan fingerprint density at radius 2 is 2.56 bits per heavy atom. The molecule has 3 nitrogen and oxygen atoms in total. The van der Waals surface area contributed by atoms with E-state index in [1.54, 1.807) is 0 Å². The predicted molar refractivity (Wildman–Crippen MR) is 36.0 cm³/mol. The molecule has 0 bridgehead atoms. The van der Waals surface area contributed by atoms with Crippen LogP contribution in [-0.4, -0.2) is 25.9 Å². The predicted octanol–water partition coefficient (Wildman–Crippen LogP) is -0.329. The quantitative estimate of drug-likeness (QED) is 0.538. The Kier molecular flexibility index (Phi) is 2.97. The highest BCUT2D eigenvalue weighted by atomic mass is 16.5. The molecule has 1 aliphatic rings. The van der Waals surface area contributed by atoms with Gasteiger partial charge >= 0.3 is 0 Å². The lowest BCUT2D eigenvalue weighted by molar-refractivity contribution is 0.00430. The van der Waals surface area contributed by atoms with Gasteiger partial charge in [0, 0.05) is 0 Å². The van der Waals surface area contributed by atoms with Crippen LogP contribution in [-0.2, 0) is 4.74 Å². The molecule has 0 aromatic heterocycles. The van der Waals surface area contributed by atoms with Crippen molar-refractivity contribution in [3.05, 3.63) is 0 Å². The van der Waals surface area contributed by atoms with Crippen LogP contribution in [0.4, 0.5) is 0 Å². The molecule has 0 aromatic rings. The van der Waals surface area contributed by atoms with Crippen LogP contribution < -0.4 is 11.1 Å². The molecule has 54 valence electrons. The fourth-order valence-electron chi connectivity index (χ4n) is 1.01. The van der Waals surface area contributed by atoms with Gasteiger partial charge in [-0.15, -0.1) is 0 Å². The van der Waals surface area contributed by atoms with Crippen LogP contribution in [0.5, 0.6) is 0 Å². The minimum atomic E-state index is 0.413. The average molecular weight is 130 g/mol. The average Bonchev–Trinajstić information content (AvgIpc) is 1.91. The lowest BCUT2D eigenvalue weighted by Gasteiger charge is -2.22. The van der Waals surface area contributed by atoms with E-state index in [2.05, 4.69) is 5.32 Å². The highest BCUT2D eigenvalue weighted by Gasteiger charge is 2.10. The van der Waals surface area contributed by atoms with Gasteiger partial charge in [0.05, 0.1) is 12.8 Å². The molecule has 1 heterocycles. The van der Waals surface area contributed by atoms with Crippen molar-refractivity contribution in [2.24, 2.45) is 5.73 Å². The molecule has 3 N–H and O–H groups in total. The summed E-state index contributed by atoms with van der Waals surface area (Å²) in [6.45, 7) is 2.51. The first-order chi connectivity index (χ1) is 4.43. The monoisotopic (exact) mass is 130 g/mol. The van der Waals surface area contributed by atoms with Crippen molar-refractivity contribution in [3.63, 3.8) is 0 Å². The summed E-state index contributed by atoms with van der Waals surface area (Å²) in [5.41, 5.74) is 5.36. The fourth-order valence-corrected chi connectivity index (χ4v) is 1.01. The Labute approximate surface area is 55.6 Å². The summed E-state index contributed by atoms with van der Waals surface area (Å²) < 4.78 is 5.33. The summed E-state index contributed by atoms with van der Waals surface area (Å²) in [5, 5.41) is 3.11. The molecule has 9 heavy (non-hydrogen) atoms. The van der Waals surface area contributed by atoms with E-state index in [9.17, 15) is 0 Å². The van der Waals surface area contributed by atoms with Crippen LogP contribution in [0.2, 0.25) is 0 Å². The fraction of sp³-hybridized carbons (Fsp3) is 1.00. The van der Waals surface area contributed by atoms with E-state index < -0.39 is 0 Å². The Morgan fingerprint density at radius 1 is 1.67 bits per heavy atom. The summed E-state index contributed by atoms with van der Waals surface area (Å²) in [6.07, 6.45) is 2.52. The molecule has 0 saturated carbocycles.